The number of fused-ring (bicyclic) bond motifs is 2. The zero-order valence-corrected chi connectivity index (χ0v) is 38.6. The van der Waals surface area contributed by atoms with Crippen LogP contribution in [0.1, 0.15) is 118 Å². The van der Waals surface area contributed by atoms with Crippen LogP contribution in [0.5, 0.6) is 0 Å². The fraction of sp³-hybridized carbons (Fsp3) is 0.733. The summed E-state index contributed by atoms with van der Waals surface area (Å²) < 4.78 is 17.8. The van der Waals surface area contributed by atoms with Crippen LogP contribution in [0.4, 0.5) is 4.79 Å². The van der Waals surface area contributed by atoms with Crippen LogP contribution in [-0.4, -0.2) is 141 Å². The molecule has 62 heavy (non-hydrogen) atoms. The normalized spacial score (nSPS) is 23.3. The lowest BCUT2D eigenvalue weighted by atomic mass is 9.89. The van der Waals surface area contributed by atoms with E-state index in [1.165, 1.54) is 0 Å². The maximum Gasteiger partial charge on any atom is 0.411 e. The minimum absolute atomic E-state index is 0.0114. The number of likely N-dealkylation sites (N-methyl/N-ethyl adjacent to an activating group) is 1. The van der Waals surface area contributed by atoms with Crippen molar-refractivity contribution in [3.05, 3.63) is 41.7 Å². The van der Waals surface area contributed by atoms with Crippen LogP contribution in [0.25, 0.3) is 0 Å². The number of carbonyl (C=O) groups is 5. The van der Waals surface area contributed by atoms with E-state index in [-0.39, 0.29) is 59.9 Å². The number of likely N-dealkylation sites (tertiary alicyclic amines) is 2. The van der Waals surface area contributed by atoms with E-state index < -0.39 is 54.0 Å². The number of hydrogen-bond acceptors (Lipinski definition) is 11. The van der Waals surface area contributed by atoms with Crippen molar-refractivity contribution in [1.29, 1.82) is 0 Å². The molecule has 5 amide bonds. The van der Waals surface area contributed by atoms with Gasteiger partial charge in [-0.1, -0.05) is 76.6 Å². The van der Waals surface area contributed by atoms with Crippen molar-refractivity contribution in [2.45, 2.75) is 161 Å². The highest BCUT2D eigenvalue weighted by molar-refractivity contribution is 5.92. The summed E-state index contributed by atoms with van der Waals surface area (Å²) >= 11 is 0. The molecule has 2 bridgehead atoms. The molecular weight excluding hydrogens is 795 g/mol. The van der Waals surface area contributed by atoms with E-state index in [2.05, 4.69) is 31.3 Å². The number of carbonyl (C=O) groups excluding carboxylic acids is 5. The molecule has 1 aromatic heterocycles. The number of H-pyrrole nitrogens is 1. The summed E-state index contributed by atoms with van der Waals surface area (Å²) in [7, 11) is 4.82. The topological polar surface area (TPSA) is 201 Å². The van der Waals surface area contributed by atoms with Crippen LogP contribution in [0, 0.1) is 23.7 Å². The number of rotatable bonds is 19. The molecule has 11 atom stereocenters. The maximum absolute atomic E-state index is 14.6. The third-order valence-electron chi connectivity index (χ3n) is 13.2. The van der Waals surface area contributed by atoms with Crippen LogP contribution in [0.3, 0.4) is 0 Å². The van der Waals surface area contributed by atoms with Gasteiger partial charge < -0.3 is 34.6 Å². The van der Waals surface area contributed by atoms with E-state index in [1.807, 2.05) is 58.0 Å². The van der Waals surface area contributed by atoms with Gasteiger partial charge in [-0.05, 0) is 76.2 Å². The monoisotopic (exact) mass is 866 g/mol. The Morgan fingerprint density at radius 1 is 0.984 bits per heavy atom. The van der Waals surface area contributed by atoms with Crippen LogP contribution in [0.2, 0.25) is 0 Å². The van der Waals surface area contributed by atoms with Crippen LogP contribution in [0.15, 0.2) is 30.3 Å². The lowest BCUT2D eigenvalue weighted by molar-refractivity contribution is -0.148. The zero-order chi connectivity index (χ0) is 45.5. The van der Waals surface area contributed by atoms with Gasteiger partial charge in [0.05, 0.1) is 42.7 Å². The van der Waals surface area contributed by atoms with Crippen molar-refractivity contribution >= 4 is 29.7 Å². The first-order valence-corrected chi connectivity index (χ1v) is 22.4. The Kier molecular flexibility index (Phi) is 16.5. The fourth-order valence-electron chi connectivity index (χ4n) is 9.86. The van der Waals surface area contributed by atoms with E-state index in [9.17, 15) is 24.0 Å². The van der Waals surface area contributed by atoms with Gasteiger partial charge in [-0.3, -0.25) is 24.1 Å². The van der Waals surface area contributed by atoms with Gasteiger partial charge in [0, 0.05) is 40.3 Å². The molecule has 0 spiro atoms. The molecule has 1 aromatic carbocycles. The van der Waals surface area contributed by atoms with E-state index in [1.54, 1.807) is 63.7 Å². The molecule has 1 saturated carbocycles. The van der Waals surface area contributed by atoms with Gasteiger partial charge in [-0.2, -0.15) is 5.21 Å². The van der Waals surface area contributed by atoms with Crippen molar-refractivity contribution in [3.63, 3.8) is 0 Å². The van der Waals surface area contributed by atoms with E-state index in [0.717, 1.165) is 31.2 Å². The molecule has 3 aliphatic rings. The van der Waals surface area contributed by atoms with Gasteiger partial charge in [-0.15, -0.1) is 10.2 Å². The molecular formula is C45H71N9O8. The van der Waals surface area contributed by atoms with Crippen molar-refractivity contribution in [3.8, 4) is 0 Å². The molecule has 3 N–H and O–H groups in total. The highest BCUT2D eigenvalue weighted by atomic mass is 16.6. The molecule has 3 unspecified atom stereocenters. The SMILES string of the molecule is CC[C@H](C)[C@@H]([C@@H](CC(=O)N1CCC[C@H]1[C@H](OC)[C@@H](C)C(=O)N[C@@H](Cc1ccccc1)c1nn[nH]n1)OC)N(C)C(=O)[C@@H](NC(=O)C1C2CCC(C2)N1C(=O)OC(C)(C)C)C(C)C. The molecule has 2 aromatic rings. The molecule has 3 heterocycles. The number of piperidine rings is 1. The molecule has 17 nitrogen and oxygen atoms in total. The summed E-state index contributed by atoms with van der Waals surface area (Å²) in [4.78, 5) is 75.4. The Labute approximate surface area is 367 Å². The second-order valence-corrected chi connectivity index (χ2v) is 18.9. The van der Waals surface area contributed by atoms with Crippen molar-refractivity contribution in [1.82, 2.24) is 46.0 Å². The van der Waals surface area contributed by atoms with Gasteiger partial charge in [0.15, 0.2) is 5.82 Å². The van der Waals surface area contributed by atoms with Gasteiger partial charge in [-0.25, -0.2) is 4.79 Å². The zero-order valence-electron chi connectivity index (χ0n) is 38.6. The molecule has 17 heteroatoms. The minimum Gasteiger partial charge on any atom is -0.444 e. The number of tetrazole rings is 1. The first-order valence-electron chi connectivity index (χ1n) is 22.4. The number of hydrogen-bond donors (Lipinski definition) is 3. The lowest BCUT2D eigenvalue weighted by Crippen LogP contribution is -2.61. The number of nitrogens with zero attached hydrogens (tertiary/aromatic N) is 6. The Morgan fingerprint density at radius 2 is 1.69 bits per heavy atom. The number of aromatic amines is 1. The fourth-order valence-corrected chi connectivity index (χ4v) is 9.86. The maximum atomic E-state index is 14.6. The highest BCUT2D eigenvalue weighted by Crippen LogP contribution is 2.43. The number of methoxy groups -OCH3 is 2. The summed E-state index contributed by atoms with van der Waals surface area (Å²) in [5.41, 5.74) is 0.276. The second-order valence-electron chi connectivity index (χ2n) is 18.9. The number of nitrogens with one attached hydrogen (secondary N) is 3. The summed E-state index contributed by atoms with van der Waals surface area (Å²) in [6.45, 7) is 15.5. The number of aromatic nitrogens is 4. The average molecular weight is 866 g/mol. The Morgan fingerprint density at radius 3 is 2.29 bits per heavy atom. The van der Waals surface area contributed by atoms with Gasteiger partial charge in [0.2, 0.25) is 23.6 Å². The molecule has 0 radical (unpaired) electrons. The Bertz CT molecular complexity index is 1810. The average Bonchev–Trinajstić information content (AvgIpc) is 4.08. The van der Waals surface area contributed by atoms with Gasteiger partial charge >= 0.3 is 6.09 Å². The predicted molar refractivity (Wildman–Crippen MR) is 231 cm³/mol. The van der Waals surface area contributed by atoms with Crippen molar-refractivity contribution < 1.29 is 38.2 Å². The van der Waals surface area contributed by atoms with Gasteiger partial charge in [0.25, 0.3) is 0 Å². The second kappa shape index (κ2) is 21.2. The molecule has 2 saturated heterocycles. The Balaban J connectivity index is 1.28. The third-order valence-corrected chi connectivity index (χ3v) is 13.2. The van der Waals surface area contributed by atoms with Crippen LogP contribution < -0.4 is 10.6 Å². The van der Waals surface area contributed by atoms with E-state index in [4.69, 9.17) is 14.2 Å². The van der Waals surface area contributed by atoms with Crippen LogP contribution >= 0.6 is 0 Å². The standard InChI is InChI=1S/C45H71N9O8/c1-12-27(4)37(52(9)43(58)36(26(2)3)47-42(57)38-30-20-21-31(24-30)54(38)44(59)62-45(6,7)8)34(60-10)25-35(55)53-22-16-19-33(53)39(61-11)28(5)41(56)46-32(40-48-50-51-49-40)23-29-17-14-13-15-18-29/h13-15,17-18,26-28,30-34,36-39H,12,16,19-25H2,1-11H3,(H,46,56)(H,47,57)(H,48,49,50,51)/t27-,28+,30?,31?,32-,33-,34+,36-,37-,38?,39+/m0/s1. The lowest BCUT2D eigenvalue weighted by Gasteiger charge is -2.41. The van der Waals surface area contributed by atoms with Crippen molar-refractivity contribution in [2.75, 3.05) is 27.8 Å². The summed E-state index contributed by atoms with van der Waals surface area (Å²) in [6, 6.07) is 6.60. The van der Waals surface area contributed by atoms with E-state index in [0.29, 0.717) is 31.6 Å². The smallest absolute Gasteiger partial charge is 0.411 e. The number of ether oxygens (including phenoxy) is 3. The van der Waals surface area contributed by atoms with Crippen molar-refractivity contribution in [2.24, 2.45) is 23.7 Å². The van der Waals surface area contributed by atoms with Gasteiger partial charge in [0.1, 0.15) is 17.7 Å². The first kappa shape index (κ1) is 48.4. The molecule has 1 aliphatic carbocycles. The number of benzene rings is 1. The molecule has 2 aliphatic heterocycles. The quantitative estimate of drug-likeness (QED) is 0.180. The van der Waals surface area contributed by atoms with E-state index >= 15 is 0 Å². The largest absolute Gasteiger partial charge is 0.444 e. The predicted octanol–water partition coefficient (Wildman–Crippen LogP) is 4.45. The highest BCUT2D eigenvalue weighted by Gasteiger charge is 2.53. The summed E-state index contributed by atoms with van der Waals surface area (Å²) in [5.74, 6) is -1.74. The first-order chi connectivity index (χ1) is 29.4. The summed E-state index contributed by atoms with van der Waals surface area (Å²) in [6.07, 6.45) is 3.08. The third kappa shape index (κ3) is 11.3. The molecule has 5 rings (SSSR count). The summed E-state index contributed by atoms with van der Waals surface area (Å²) in [5, 5.41) is 20.6. The van der Waals surface area contributed by atoms with Crippen LogP contribution in [-0.2, 0) is 39.8 Å². The minimum atomic E-state index is -0.891. The molecule has 3 fully saturated rings. The molecule has 344 valence electrons. The number of amides is 5. The Hall–Kier alpha value is -4.64.